The number of aliphatic hydroxyl groups excluding tert-OH is 1. The van der Waals surface area contributed by atoms with Crippen LogP contribution in [-0.4, -0.2) is 71.4 Å². The summed E-state index contributed by atoms with van der Waals surface area (Å²) >= 11 is 0. The molecule has 2 aromatic carbocycles. The van der Waals surface area contributed by atoms with Crippen molar-refractivity contribution in [3.05, 3.63) is 60.2 Å². The first-order valence-corrected chi connectivity index (χ1v) is 13.1. The lowest BCUT2D eigenvalue weighted by atomic mass is 9.66. The number of nitrogens with zero attached hydrogens (tertiary/aromatic N) is 1. The summed E-state index contributed by atoms with van der Waals surface area (Å²) in [6.07, 6.45) is 1.30. The molecule has 0 saturated carbocycles. The molecule has 3 aliphatic rings. The number of fused-ring (bicyclic) bond motifs is 1. The molecule has 2 unspecified atom stereocenters. The Bertz CT molecular complexity index is 1200. The van der Waals surface area contributed by atoms with Crippen molar-refractivity contribution in [2.24, 2.45) is 11.8 Å². The third kappa shape index (κ3) is 4.14. The minimum atomic E-state index is -1.20. The first-order chi connectivity index (χ1) is 18.3. The average molecular weight is 523 g/mol. The Balaban J connectivity index is 1.55. The van der Waals surface area contributed by atoms with Crippen LogP contribution in [-0.2, 0) is 30.3 Å². The lowest BCUT2D eigenvalue weighted by Gasteiger charge is -2.37. The van der Waals surface area contributed by atoms with Crippen molar-refractivity contribution in [1.82, 2.24) is 4.90 Å². The quantitative estimate of drug-likeness (QED) is 0.487. The molecule has 9 heteroatoms. The number of likely N-dealkylation sites (tertiary alicyclic amines) is 1. The van der Waals surface area contributed by atoms with E-state index in [0.29, 0.717) is 30.7 Å². The highest BCUT2D eigenvalue weighted by atomic mass is 16.6. The Morgan fingerprint density at radius 2 is 1.87 bits per heavy atom. The fourth-order valence-corrected chi connectivity index (χ4v) is 6.67. The Morgan fingerprint density at radius 3 is 2.50 bits per heavy atom. The summed E-state index contributed by atoms with van der Waals surface area (Å²) in [5.74, 6) is -2.35. The van der Waals surface area contributed by atoms with Crippen LogP contribution in [0.4, 0.5) is 5.69 Å². The van der Waals surface area contributed by atoms with Gasteiger partial charge in [-0.2, -0.15) is 0 Å². The highest BCUT2D eigenvalue weighted by molar-refractivity contribution is 6.03. The molecule has 2 N–H and O–H groups in total. The smallest absolute Gasteiger partial charge is 0.312 e. The van der Waals surface area contributed by atoms with E-state index >= 15 is 0 Å². The van der Waals surface area contributed by atoms with E-state index in [1.54, 1.807) is 38.3 Å². The predicted molar refractivity (Wildman–Crippen MR) is 138 cm³/mol. The fraction of sp³-hybridized carbons (Fsp3) is 0.483. The zero-order valence-corrected chi connectivity index (χ0v) is 21.9. The number of benzene rings is 2. The number of methoxy groups -OCH3 is 1. The van der Waals surface area contributed by atoms with Crippen LogP contribution in [0.25, 0.3) is 0 Å². The van der Waals surface area contributed by atoms with Crippen LogP contribution in [0.15, 0.2) is 54.6 Å². The Morgan fingerprint density at radius 1 is 1.16 bits per heavy atom. The highest BCUT2D eigenvalue weighted by Crippen LogP contribution is 2.63. The summed E-state index contributed by atoms with van der Waals surface area (Å²) in [6.45, 7) is 3.37. The zero-order chi connectivity index (χ0) is 27.1. The van der Waals surface area contributed by atoms with Crippen molar-refractivity contribution in [3.63, 3.8) is 0 Å². The van der Waals surface area contributed by atoms with E-state index in [0.717, 1.165) is 5.56 Å². The zero-order valence-electron chi connectivity index (χ0n) is 21.9. The van der Waals surface area contributed by atoms with E-state index in [1.807, 2.05) is 37.3 Å². The number of ether oxygens (including phenoxy) is 3. The average Bonchev–Trinajstić information content (AvgIpc) is 3.49. The summed E-state index contributed by atoms with van der Waals surface area (Å²) in [5.41, 5.74) is -0.662. The van der Waals surface area contributed by atoms with Gasteiger partial charge in [-0.25, -0.2) is 0 Å². The van der Waals surface area contributed by atoms with E-state index in [2.05, 4.69) is 5.32 Å². The number of carbonyl (C=O) groups excluding carboxylic acids is 3. The third-order valence-electron chi connectivity index (χ3n) is 8.28. The summed E-state index contributed by atoms with van der Waals surface area (Å²) < 4.78 is 17.2. The van der Waals surface area contributed by atoms with Crippen molar-refractivity contribution < 1.29 is 33.7 Å². The molecule has 9 nitrogen and oxygen atoms in total. The van der Waals surface area contributed by atoms with Crippen LogP contribution in [0.5, 0.6) is 5.75 Å². The van der Waals surface area contributed by atoms with Crippen LogP contribution in [0.1, 0.15) is 32.3 Å². The monoisotopic (exact) mass is 522 g/mol. The molecule has 38 heavy (non-hydrogen) atoms. The molecular weight excluding hydrogens is 488 g/mol. The molecule has 0 radical (unpaired) electrons. The van der Waals surface area contributed by atoms with E-state index in [-0.39, 0.29) is 19.1 Å². The minimum absolute atomic E-state index is 0.178. The minimum Gasteiger partial charge on any atom is -0.497 e. The molecule has 6 atom stereocenters. The maximum Gasteiger partial charge on any atom is 0.312 e. The molecule has 3 saturated heterocycles. The van der Waals surface area contributed by atoms with Gasteiger partial charge in [-0.15, -0.1) is 0 Å². The topological polar surface area (TPSA) is 114 Å². The van der Waals surface area contributed by atoms with Gasteiger partial charge in [0, 0.05) is 5.69 Å². The SMILES string of the molecule is CCOC(=O)[C@H]1[C@H]2C(=O)N([C@@H](CO)Cc3ccccc3)C(C(=O)Nc3ccc(OC)cc3)C23CC[C@]1(C)O3. The van der Waals surface area contributed by atoms with Gasteiger partial charge in [-0.05, 0) is 62.9 Å². The molecule has 2 amide bonds. The second kappa shape index (κ2) is 10.0. The first kappa shape index (κ1) is 26.2. The largest absolute Gasteiger partial charge is 0.497 e. The number of nitrogens with one attached hydrogen (secondary N) is 1. The van der Waals surface area contributed by atoms with Crippen LogP contribution >= 0.6 is 0 Å². The first-order valence-electron chi connectivity index (χ1n) is 13.1. The molecule has 0 aromatic heterocycles. The Labute approximate surface area is 222 Å². The van der Waals surface area contributed by atoms with E-state index in [1.165, 1.54) is 4.90 Å². The Hall–Kier alpha value is -3.43. The number of hydrogen-bond donors (Lipinski definition) is 2. The van der Waals surface area contributed by atoms with Gasteiger partial charge < -0.3 is 29.5 Å². The fourth-order valence-electron chi connectivity index (χ4n) is 6.67. The second-order valence-electron chi connectivity index (χ2n) is 10.5. The normalized spacial score (nSPS) is 30.2. The molecule has 2 aromatic rings. The van der Waals surface area contributed by atoms with E-state index in [9.17, 15) is 19.5 Å². The molecule has 5 rings (SSSR count). The van der Waals surface area contributed by atoms with Gasteiger partial charge in [-0.1, -0.05) is 30.3 Å². The lowest BCUT2D eigenvalue weighted by Crippen LogP contribution is -2.57. The van der Waals surface area contributed by atoms with Crippen LogP contribution in [0.3, 0.4) is 0 Å². The molecule has 3 heterocycles. The Kier molecular flexibility index (Phi) is 6.92. The molecular formula is C29H34N2O7. The lowest BCUT2D eigenvalue weighted by molar-refractivity contribution is -0.160. The van der Waals surface area contributed by atoms with Gasteiger partial charge in [-0.3, -0.25) is 14.4 Å². The van der Waals surface area contributed by atoms with Crippen LogP contribution in [0.2, 0.25) is 0 Å². The van der Waals surface area contributed by atoms with Crippen molar-refractivity contribution >= 4 is 23.5 Å². The number of carbonyl (C=O) groups is 3. The number of anilines is 1. The number of amides is 2. The standard InChI is InChI=1S/C29H34N2O7/c1-4-37-27(35)23-22-26(34)31(20(17-32)16-18-8-6-5-7-9-18)24(29(22)15-14-28(23,2)38-29)25(33)30-19-10-12-21(36-3)13-11-19/h5-13,20,22-24,32H,4,14-17H2,1-3H3,(H,30,33)/t20-,22+,23-,24?,28+,29?/m1/s1. The predicted octanol–water partition coefficient (Wildman–Crippen LogP) is 2.57. The maximum atomic E-state index is 14.2. The van der Waals surface area contributed by atoms with Crippen LogP contribution in [0, 0.1) is 11.8 Å². The number of hydrogen-bond acceptors (Lipinski definition) is 7. The third-order valence-corrected chi connectivity index (χ3v) is 8.28. The van der Waals surface area contributed by atoms with Gasteiger partial charge in [0.05, 0.1) is 37.9 Å². The highest BCUT2D eigenvalue weighted by Gasteiger charge is 2.78. The van der Waals surface area contributed by atoms with Gasteiger partial charge >= 0.3 is 5.97 Å². The molecule has 3 aliphatic heterocycles. The molecule has 1 spiro atoms. The van der Waals surface area contributed by atoms with Crippen molar-refractivity contribution in [2.45, 2.75) is 56.4 Å². The number of aliphatic hydroxyl groups is 1. The van der Waals surface area contributed by atoms with Gasteiger partial charge in [0.1, 0.15) is 23.3 Å². The van der Waals surface area contributed by atoms with Crippen molar-refractivity contribution in [3.8, 4) is 5.75 Å². The van der Waals surface area contributed by atoms with Crippen molar-refractivity contribution in [1.29, 1.82) is 0 Å². The van der Waals surface area contributed by atoms with Gasteiger partial charge in [0.25, 0.3) is 0 Å². The second-order valence-corrected chi connectivity index (χ2v) is 10.5. The molecule has 0 aliphatic carbocycles. The summed E-state index contributed by atoms with van der Waals surface area (Å²) in [6, 6.07) is 14.7. The van der Waals surface area contributed by atoms with Gasteiger partial charge in [0.2, 0.25) is 11.8 Å². The van der Waals surface area contributed by atoms with Gasteiger partial charge in [0.15, 0.2) is 0 Å². The molecule has 3 fully saturated rings. The number of rotatable bonds is 9. The molecule has 2 bridgehead atoms. The van der Waals surface area contributed by atoms with Crippen LogP contribution < -0.4 is 10.1 Å². The number of esters is 1. The molecule has 202 valence electrons. The maximum absolute atomic E-state index is 14.2. The summed E-state index contributed by atoms with van der Waals surface area (Å²) in [4.78, 5) is 42.8. The summed E-state index contributed by atoms with van der Waals surface area (Å²) in [7, 11) is 1.56. The van der Waals surface area contributed by atoms with E-state index < -0.39 is 47.0 Å². The van der Waals surface area contributed by atoms with Crippen molar-refractivity contribution in [2.75, 3.05) is 25.6 Å². The van der Waals surface area contributed by atoms with E-state index in [4.69, 9.17) is 14.2 Å². The summed E-state index contributed by atoms with van der Waals surface area (Å²) in [5, 5.41) is 13.4.